The lowest BCUT2D eigenvalue weighted by atomic mass is 9.98. The highest BCUT2D eigenvalue weighted by atomic mass is 32.2. The molecule has 1 heterocycles. The van der Waals surface area contributed by atoms with Gasteiger partial charge in [0, 0.05) is 30.9 Å². The molecule has 17 heteroatoms. The smallest absolute Gasteiger partial charge is 0.241 e. The van der Waals surface area contributed by atoms with E-state index in [9.17, 15) is 21.9 Å². The molecule has 0 bridgehead atoms. The van der Waals surface area contributed by atoms with Crippen molar-refractivity contribution in [2.24, 2.45) is 27.4 Å². The summed E-state index contributed by atoms with van der Waals surface area (Å²) in [6, 6.07) is 8.38. The van der Waals surface area contributed by atoms with E-state index in [1.165, 1.54) is 6.07 Å². The van der Waals surface area contributed by atoms with Crippen LogP contribution in [0.5, 0.6) is 0 Å². The Bertz CT molecular complexity index is 1320. The third-order valence-corrected chi connectivity index (χ3v) is 7.56. The third kappa shape index (κ3) is 6.04. The van der Waals surface area contributed by atoms with Crippen LogP contribution in [0.2, 0.25) is 0 Å². The molecular weight excluding hydrogens is 500 g/mol. The number of hydrogen-bond acceptors (Lipinski definition) is 13. The molecule has 1 aliphatic heterocycles. The van der Waals surface area contributed by atoms with Crippen molar-refractivity contribution in [3.63, 3.8) is 0 Å². The maximum absolute atomic E-state index is 12.9. The summed E-state index contributed by atoms with van der Waals surface area (Å²) < 4.78 is 53.5. The van der Waals surface area contributed by atoms with Crippen LogP contribution in [0.1, 0.15) is 5.56 Å². The number of nitrogens with one attached hydrogen (secondary N) is 5. The van der Waals surface area contributed by atoms with Gasteiger partial charge in [0.05, 0.1) is 6.04 Å². The summed E-state index contributed by atoms with van der Waals surface area (Å²) >= 11 is 0. The van der Waals surface area contributed by atoms with Crippen molar-refractivity contribution in [2.45, 2.75) is 22.1 Å². The van der Waals surface area contributed by atoms with Crippen LogP contribution in [-0.4, -0.2) is 59.7 Å². The molecule has 0 saturated carbocycles. The molecule has 0 aliphatic carbocycles. The minimum Gasteiger partial charge on any atom is -0.372 e. The molecule has 0 saturated heterocycles. The molecule has 35 heavy (non-hydrogen) atoms. The number of hydrogen-bond donors (Lipinski definition) is 10. The Kier molecular flexibility index (Phi) is 8.26. The number of aliphatic hydroxyl groups excluding tert-OH is 1. The van der Waals surface area contributed by atoms with Crippen LogP contribution in [0.15, 0.2) is 51.3 Å². The molecule has 2 aromatic carbocycles. The lowest BCUT2D eigenvalue weighted by Gasteiger charge is -2.21. The fourth-order valence-electron chi connectivity index (χ4n) is 3.30. The lowest BCUT2D eigenvalue weighted by molar-refractivity contribution is 0.175. The molecule has 14 N–H and O–H groups in total. The zero-order valence-electron chi connectivity index (χ0n) is 18.4. The van der Waals surface area contributed by atoms with Gasteiger partial charge in [-0.05, 0) is 29.3 Å². The van der Waals surface area contributed by atoms with Gasteiger partial charge in [0.25, 0.3) is 0 Å². The van der Waals surface area contributed by atoms with Gasteiger partial charge in [-0.25, -0.2) is 32.2 Å². The SMILES string of the molecule is NCCNS(=O)(=O)c1ccc(-c2cccc(NC(O)[C@@H](N)CN)c2)c(C2=NNNN2)c1S(N)(=O)=O. The van der Waals surface area contributed by atoms with Crippen molar-refractivity contribution >= 4 is 31.6 Å². The van der Waals surface area contributed by atoms with E-state index < -0.39 is 42.1 Å². The van der Waals surface area contributed by atoms with E-state index in [0.717, 1.165) is 6.07 Å². The van der Waals surface area contributed by atoms with Gasteiger partial charge >= 0.3 is 0 Å². The average Bonchev–Trinajstić information content (AvgIpc) is 3.35. The van der Waals surface area contributed by atoms with E-state index in [0.29, 0.717) is 11.3 Å². The predicted octanol–water partition coefficient (Wildman–Crippen LogP) is -3.47. The molecule has 15 nitrogen and oxygen atoms in total. The zero-order chi connectivity index (χ0) is 25.8. The maximum Gasteiger partial charge on any atom is 0.241 e. The predicted molar refractivity (Wildman–Crippen MR) is 130 cm³/mol. The van der Waals surface area contributed by atoms with Gasteiger partial charge in [-0.1, -0.05) is 18.2 Å². The molecule has 1 aliphatic rings. The lowest BCUT2D eigenvalue weighted by Crippen LogP contribution is -2.45. The van der Waals surface area contributed by atoms with Gasteiger partial charge in [-0.15, -0.1) is 10.6 Å². The summed E-state index contributed by atoms with van der Waals surface area (Å²) in [6.45, 7) is -0.0848. The second kappa shape index (κ2) is 10.8. The first-order chi connectivity index (χ1) is 16.5. The van der Waals surface area contributed by atoms with E-state index in [1.54, 1.807) is 24.3 Å². The van der Waals surface area contributed by atoms with Gasteiger partial charge in [-0.2, -0.15) is 0 Å². The molecule has 0 aromatic heterocycles. The number of benzene rings is 2. The van der Waals surface area contributed by atoms with Crippen LogP contribution in [0, 0.1) is 0 Å². The van der Waals surface area contributed by atoms with Gasteiger partial charge in [0.1, 0.15) is 16.0 Å². The molecule has 0 radical (unpaired) electrons. The number of hydrazine groups is 2. The van der Waals surface area contributed by atoms with E-state index in [-0.39, 0.29) is 36.6 Å². The molecular formula is C18H28N10O5S2. The molecule has 3 rings (SSSR count). The van der Waals surface area contributed by atoms with Crippen LogP contribution in [-0.2, 0) is 20.0 Å². The normalized spacial score (nSPS) is 15.6. The largest absolute Gasteiger partial charge is 0.372 e. The van der Waals surface area contributed by atoms with Crippen LogP contribution in [0.3, 0.4) is 0 Å². The van der Waals surface area contributed by atoms with E-state index in [4.69, 9.17) is 22.3 Å². The van der Waals surface area contributed by atoms with Crippen molar-refractivity contribution in [1.29, 1.82) is 0 Å². The fraction of sp³-hybridized carbons (Fsp3) is 0.278. The number of rotatable bonds is 11. The summed E-state index contributed by atoms with van der Waals surface area (Å²) in [5.74, 6) is -0.0246. The molecule has 0 fully saturated rings. The van der Waals surface area contributed by atoms with Crippen molar-refractivity contribution in [1.82, 2.24) is 21.2 Å². The van der Waals surface area contributed by atoms with E-state index >= 15 is 0 Å². The highest BCUT2D eigenvalue weighted by molar-refractivity contribution is 7.92. The molecule has 2 atom stereocenters. The first-order valence-corrected chi connectivity index (χ1v) is 13.3. The quantitative estimate of drug-likeness (QED) is 0.127. The fourth-order valence-corrected chi connectivity index (χ4v) is 5.96. The molecule has 0 spiro atoms. The number of sulfonamides is 2. The van der Waals surface area contributed by atoms with Crippen molar-refractivity contribution in [3.05, 3.63) is 42.0 Å². The summed E-state index contributed by atoms with van der Waals surface area (Å²) in [5, 5.41) is 22.4. The maximum atomic E-state index is 12.9. The Balaban J connectivity index is 2.25. The van der Waals surface area contributed by atoms with Crippen LogP contribution >= 0.6 is 0 Å². The van der Waals surface area contributed by atoms with Crippen molar-refractivity contribution in [3.8, 4) is 11.1 Å². The Morgan fingerprint density at radius 2 is 1.86 bits per heavy atom. The van der Waals surface area contributed by atoms with Gasteiger partial charge in [-0.3, -0.25) is 5.43 Å². The first kappa shape index (κ1) is 26.7. The first-order valence-electron chi connectivity index (χ1n) is 10.2. The minimum absolute atomic E-state index is 0.00353. The second-order valence-electron chi connectivity index (χ2n) is 7.44. The standard InChI is InChI=1S/C18H28N10O5S2/c19-6-7-23-35(32,33)14-5-4-12(15(16(14)34(22,30)31)17-25-27-28-26-17)10-2-1-3-11(8-10)24-18(29)13(21)9-20/h1-5,8,13,18,23-24,27-29H,6-7,9,19-21H2,(H,25,26)(H2,22,30,31)/t13-,18?/m0/s1. The van der Waals surface area contributed by atoms with Crippen LogP contribution < -0.4 is 48.9 Å². The van der Waals surface area contributed by atoms with Crippen LogP contribution in [0.4, 0.5) is 5.69 Å². The monoisotopic (exact) mass is 528 g/mol. The van der Waals surface area contributed by atoms with Gasteiger partial charge in [0.2, 0.25) is 20.0 Å². The molecule has 2 aromatic rings. The van der Waals surface area contributed by atoms with Crippen molar-refractivity contribution < 1.29 is 21.9 Å². The third-order valence-electron chi connectivity index (χ3n) is 4.94. The number of amidine groups is 1. The number of aliphatic hydroxyl groups is 1. The zero-order valence-corrected chi connectivity index (χ0v) is 20.0. The number of hydrazone groups is 1. The Labute approximate surface area is 202 Å². The highest BCUT2D eigenvalue weighted by Gasteiger charge is 2.32. The molecule has 1 unspecified atom stereocenters. The topological polar surface area (TPSA) is 265 Å². The number of anilines is 1. The molecule has 192 valence electrons. The van der Waals surface area contributed by atoms with Gasteiger partial charge in [0.15, 0.2) is 5.84 Å². The van der Waals surface area contributed by atoms with Gasteiger partial charge < -0.3 is 27.6 Å². The summed E-state index contributed by atoms with van der Waals surface area (Å²) in [7, 11) is -8.90. The van der Waals surface area contributed by atoms with Crippen molar-refractivity contribution in [2.75, 3.05) is 25.0 Å². The summed E-state index contributed by atoms with van der Waals surface area (Å²) in [4.78, 5) is -1.23. The Morgan fingerprint density at radius 3 is 2.46 bits per heavy atom. The minimum atomic E-state index is -4.60. The van der Waals surface area contributed by atoms with E-state index in [1.807, 2.05) is 0 Å². The average molecular weight is 529 g/mol. The Morgan fingerprint density at radius 1 is 1.11 bits per heavy atom. The summed E-state index contributed by atoms with van der Waals surface area (Å²) in [6.07, 6.45) is -1.15. The number of primary sulfonamides is 1. The Hall–Kier alpha value is -2.87. The number of nitrogens with zero attached hydrogens (tertiary/aromatic N) is 1. The second-order valence-corrected chi connectivity index (χ2v) is 10.7. The summed E-state index contributed by atoms with van der Waals surface area (Å²) in [5.41, 5.74) is 25.2. The van der Waals surface area contributed by atoms with E-state index in [2.05, 4.69) is 31.6 Å². The highest BCUT2D eigenvalue weighted by Crippen LogP contribution is 2.34. The number of nitrogens with two attached hydrogens (primary N) is 4. The van der Waals surface area contributed by atoms with Crippen LogP contribution in [0.25, 0.3) is 11.1 Å². The molecule has 0 amide bonds.